The van der Waals surface area contributed by atoms with E-state index in [1.54, 1.807) is 4.90 Å². The fraction of sp³-hybridized carbons (Fsp3) is 0.345. The van der Waals surface area contributed by atoms with E-state index in [1.165, 1.54) is 18.2 Å². The number of hydrogen-bond acceptors (Lipinski definition) is 5. The van der Waals surface area contributed by atoms with Crippen LogP contribution in [0.2, 0.25) is 0 Å². The van der Waals surface area contributed by atoms with Crippen LogP contribution in [0.5, 0.6) is 5.75 Å². The number of unbranched alkanes of at least 4 members (excludes halogenated alkanes) is 1. The number of para-hydroxylation sites is 1. The Kier molecular flexibility index (Phi) is 8.99. The standard InChI is InChI=1S/C29H33N3O2S2/c1-4-7-12-21(5-2)19-31-28(33)26(36-29(31)35)18-23-20-32(24-14-9-8-10-15-24)30-27(23)22-13-11-16-25(17-22)34-6-3/h8-11,13-18,20-21H,4-7,12,19H2,1-3H3. The van der Waals surface area contributed by atoms with Gasteiger partial charge in [0.1, 0.15) is 15.8 Å². The lowest BCUT2D eigenvalue weighted by Crippen LogP contribution is -2.33. The van der Waals surface area contributed by atoms with Crippen LogP contribution in [0.1, 0.15) is 52.0 Å². The molecular weight excluding hydrogens is 486 g/mol. The van der Waals surface area contributed by atoms with Crippen LogP contribution < -0.4 is 4.74 Å². The van der Waals surface area contributed by atoms with Gasteiger partial charge in [-0.05, 0) is 49.6 Å². The van der Waals surface area contributed by atoms with Gasteiger partial charge in [0.05, 0.1) is 17.2 Å². The third kappa shape index (κ3) is 6.08. The number of ether oxygens (including phenoxy) is 1. The van der Waals surface area contributed by atoms with Gasteiger partial charge < -0.3 is 4.74 Å². The molecule has 1 fully saturated rings. The predicted molar refractivity (Wildman–Crippen MR) is 153 cm³/mol. The Morgan fingerprint density at radius 2 is 1.92 bits per heavy atom. The first-order valence-corrected chi connectivity index (χ1v) is 13.9. The van der Waals surface area contributed by atoms with Gasteiger partial charge in [-0.2, -0.15) is 5.10 Å². The van der Waals surface area contributed by atoms with E-state index < -0.39 is 0 Å². The lowest BCUT2D eigenvalue weighted by Gasteiger charge is -2.21. The minimum Gasteiger partial charge on any atom is -0.494 e. The molecule has 2 heterocycles. The second-order valence-corrected chi connectivity index (χ2v) is 10.6. The summed E-state index contributed by atoms with van der Waals surface area (Å²) in [5, 5.41) is 4.90. The number of rotatable bonds is 11. The summed E-state index contributed by atoms with van der Waals surface area (Å²) in [5.74, 6) is 1.24. The maximum absolute atomic E-state index is 13.4. The Balaban J connectivity index is 1.69. The molecule has 0 spiro atoms. The summed E-state index contributed by atoms with van der Waals surface area (Å²) in [6.45, 7) is 7.63. The van der Waals surface area contributed by atoms with Gasteiger partial charge in [0.2, 0.25) is 0 Å². The normalized spacial score (nSPS) is 15.6. The van der Waals surface area contributed by atoms with Gasteiger partial charge in [-0.25, -0.2) is 4.68 Å². The molecule has 188 valence electrons. The van der Waals surface area contributed by atoms with Crippen LogP contribution in [-0.2, 0) is 4.79 Å². The fourth-order valence-corrected chi connectivity index (χ4v) is 5.57. The number of carbonyl (C=O) groups excluding carboxylic acids is 1. The average Bonchev–Trinajstić information content (AvgIpc) is 3.43. The van der Waals surface area contributed by atoms with Gasteiger partial charge in [0, 0.05) is 23.9 Å². The topological polar surface area (TPSA) is 47.4 Å². The number of amides is 1. The zero-order chi connectivity index (χ0) is 25.5. The van der Waals surface area contributed by atoms with Crippen LogP contribution in [0.4, 0.5) is 0 Å². The van der Waals surface area contributed by atoms with E-state index in [0.29, 0.717) is 28.3 Å². The molecule has 0 bridgehead atoms. The Labute approximate surface area is 223 Å². The zero-order valence-corrected chi connectivity index (χ0v) is 22.8. The van der Waals surface area contributed by atoms with E-state index in [1.807, 2.05) is 78.5 Å². The lowest BCUT2D eigenvalue weighted by molar-refractivity contribution is -0.122. The molecule has 0 saturated carbocycles. The zero-order valence-electron chi connectivity index (χ0n) is 21.1. The summed E-state index contributed by atoms with van der Waals surface area (Å²) in [5.41, 5.74) is 3.54. The van der Waals surface area contributed by atoms with Crippen molar-refractivity contribution in [1.29, 1.82) is 0 Å². The van der Waals surface area contributed by atoms with Gasteiger partial charge in [0.15, 0.2) is 0 Å². The second kappa shape index (κ2) is 12.4. The summed E-state index contributed by atoms with van der Waals surface area (Å²) in [7, 11) is 0. The maximum Gasteiger partial charge on any atom is 0.266 e. The molecule has 36 heavy (non-hydrogen) atoms. The van der Waals surface area contributed by atoms with Crippen molar-refractivity contribution in [2.45, 2.75) is 46.5 Å². The van der Waals surface area contributed by atoms with Gasteiger partial charge in [-0.1, -0.05) is 87.4 Å². The summed E-state index contributed by atoms with van der Waals surface area (Å²) in [6, 6.07) is 17.9. The molecule has 0 N–H and O–H groups in total. The number of thioether (sulfide) groups is 1. The Hall–Kier alpha value is -2.90. The molecule has 1 aliphatic heterocycles. The van der Waals surface area contributed by atoms with Crippen molar-refractivity contribution in [3.63, 3.8) is 0 Å². The predicted octanol–water partition coefficient (Wildman–Crippen LogP) is 7.36. The third-order valence-electron chi connectivity index (χ3n) is 6.33. The molecule has 7 heteroatoms. The Morgan fingerprint density at radius 1 is 1.11 bits per heavy atom. The fourth-order valence-electron chi connectivity index (χ4n) is 4.30. The van der Waals surface area contributed by atoms with E-state index in [0.717, 1.165) is 47.5 Å². The number of carbonyl (C=O) groups is 1. The van der Waals surface area contributed by atoms with Crippen molar-refractivity contribution in [3.8, 4) is 22.7 Å². The highest BCUT2D eigenvalue weighted by Crippen LogP contribution is 2.36. The molecule has 1 amide bonds. The van der Waals surface area contributed by atoms with Crippen molar-refractivity contribution >= 4 is 40.3 Å². The van der Waals surface area contributed by atoms with Crippen LogP contribution >= 0.6 is 24.0 Å². The van der Waals surface area contributed by atoms with Gasteiger partial charge in [-0.15, -0.1) is 0 Å². The maximum atomic E-state index is 13.4. The molecule has 1 atom stereocenters. The monoisotopic (exact) mass is 519 g/mol. The number of nitrogens with zero attached hydrogens (tertiary/aromatic N) is 3. The highest BCUT2D eigenvalue weighted by atomic mass is 32.2. The van der Waals surface area contributed by atoms with Crippen LogP contribution in [0, 0.1) is 5.92 Å². The van der Waals surface area contributed by atoms with Crippen LogP contribution in [0.3, 0.4) is 0 Å². The molecular formula is C29H33N3O2S2. The molecule has 2 aromatic carbocycles. The summed E-state index contributed by atoms with van der Waals surface area (Å²) in [4.78, 5) is 15.8. The van der Waals surface area contributed by atoms with Crippen molar-refractivity contribution in [1.82, 2.24) is 14.7 Å². The highest BCUT2D eigenvalue weighted by Gasteiger charge is 2.33. The van der Waals surface area contributed by atoms with E-state index >= 15 is 0 Å². The van der Waals surface area contributed by atoms with Gasteiger partial charge >= 0.3 is 0 Å². The van der Waals surface area contributed by atoms with Crippen LogP contribution in [0.25, 0.3) is 23.0 Å². The lowest BCUT2D eigenvalue weighted by atomic mass is 9.99. The van der Waals surface area contributed by atoms with Crippen LogP contribution in [0.15, 0.2) is 65.7 Å². The van der Waals surface area contributed by atoms with E-state index in [9.17, 15) is 4.79 Å². The number of aromatic nitrogens is 2. The molecule has 0 aliphatic carbocycles. The van der Waals surface area contributed by atoms with E-state index in [-0.39, 0.29) is 5.91 Å². The first-order chi connectivity index (χ1) is 17.5. The molecule has 0 radical (unpaired) electrons. The SMILES string of the molecule is CCCCC(CC)CN1C(=O)C(=Cc2cn(-c3ccccc3)nc2-c2cccc(OCC)c2)SC1=S. The molecule has 1 aliphatic rings. The largest absolute Gasteiger partial charge is 0.494 e. The quantitative estimate of drug-likeness (QED) is 0.196. The smallest absolute Gasteiger partial charge is 0.266 e. The van der Waals surface area contributed by atoms with E-state index in [2.05, 4.69) is 13.8 Å². The molecule has 3 aromatic rings. The van der Waals surface area contributed by atoms with Crippen molar-refractivity contribution in [3.05, 3.63) is 71.3 Å². The first kappa shape index (κ1) is 26.2. The van der Waals surface area contributed by atoms with Gasteiger partial charge in [-0.3, -0.25) is 9.69 Å². The molecule has 5 nitrogen and oxygen atoms in total. The molecule has 4 rings (SSSR count). The molecule has 1 aromatic heterocycles. The van der Waals surface area contributed by atoms with Gasteiger partial charge in [0.25, 0.3) is 5.91 Å². The third-order valence-corrected chi connectivity index (χ3v) is 7.70. The van der Waals surface area contributed by atoms with Crippen molar-refractivity contribution in [2.24, 2.45) is 5.92 Å². The van der Waals surface area contributed by atoms with Crippen LogP contribution in [-0.4, -0.2) is 38.1 Å². The molecule has 1 unspecified atom stereocenters. The number of thiocarbonyl (C=S) groups is 1. The number of benzene rings is 2. The second-order valence-electron chi connectivity index (χ2n) is 8.88. The van der Waals surface area contributed by atoms with Crippen molar-refractivity contribution < 1.29 is 9.53 Å². The Morgan fingerprint density at radius 3 is 2.64 bits per heavy atom. The summed E-state index contributed by atoms with van der Waals surface area (Å²) >= 11 is 7.01. The highest BCUT2D eigenvalue weighted by molar-refractivity contribution is 8.26. The van der Waals surface area contributed by atoms with E-state index in [4.69, 9.17) is 22.1 Å². The minimum atomic E-state index is -0.0126. The average molecular weight is 520 g/mol. The number of hydrogen-bond donors (Lipinski definition) is 0. The Bertz CT molecular complexity index is 1240. The summed E-state index contributed by atoms with van der Waals surface area (Å²) in [6.07, 6.45) is 8.40. The van der Waals surface area contributed by atoms with Crippen molar-refractivity contribution in [2.75, 3.05) is 13.2 Å². The minimum absolute atomic E-state index is 0.0126. The molecule has 1 saturated heterocycles. The first-order valence-electron chi connectivity index (χ1n) is 12.7. The summed E-state index contributed by atoms with van der Waals surface area (Å²) < 4.78 is 8.21.